The second-order valence-electron chi connectivity index (χ2n) is 11.2. The van der Waals surface area contributed by atoms with Crippen LogP contribution in [0.3, 0.4) is 0 Å². The Morgan fingerprint density at radius 1 is 1.07 bits per heavy atom. The van der Waals surface area contributed by atoms with E-state index in [0.717, 1.165) is 10.5 Å². The van der Waals surface area contributed by atoms with Crippen molar-refractivity contribution in [2.75, 3.05) is 32.9 Å². The maximum absolute atomic E-state index is 13.9. The Hall–Kier alpha value is -4.33. The summed E-state index contributed by atoms with van der Waals surface area (Å²) in [5.41, 5.74) is 1.28. The molecule has 0 radical (unpaired) electrons. The quantitative estimate of drug-likeness (QED) is 0.221. The number of Topliss-reactive ketones (excluding diaryl/α,β-unsaturated/α-hetero) is 2. The van der Waals surface area contributed by atoms with E-state index in [9.17, 15) is 46.6 Å². The van der Waals surface area contributed by atoms with Gasteiger partial charge >= 0.3 is 5.97 Å². The number of hydrogen-bond acceptors (Lipinski definition) is 7. The number of ether oxygens (including phenoxy) is 2. The Labute approximate surface area is 250 Å². The van der Waals surface area contributed by atoms with E-state index in [-0.39, 0.29) is 44.2 Å². The van der Waals surface area contributed by atoms with E-state index < -0.39 is 83.4 Å². The fourth-order valence-electron chi connectivity index (χ4n) is 4.62. The Balaban J connectivity index is 1.69. The van der Waals surface area contributed by atoms with Gasteiger partial charge in [-0.2, -0.15) is 8.78 Å². The zero-order valence-electron chi connectivity index (χ0n) is 24.3. The normalized spacial score (nSPS) is 16.1. The van der Waals surface area contributed by atoms with Crippen LogP contribution < -0.4 is 10.1 Å². The lowest BCUT2D eigenvalue weighted by molar-refractivity contribution is -0.145. The van der Waals surface area contributed by atoms with Crippen molar-refractivity contribution in [3.63, 3.8) is 0 Å². The molecule has 2 aromatic rings. The van der Waals surface area contributed by atoms with Gasteiger partial charge in [-0.3, -0.25) is 24.0 Å². The van der Waals surface area contributed by atoms with E-state index in [0.29, 0.717) is 5.56 Å². The number of halogens is 4. The summed E-state index contributed by atoms with van der Waals surface area (Å²) in [6.07, 6.45) is -1.15. The van der Waals surface area contributed by atoms with Crippen molar-refractivity contribution in [1.29, 1.82) is 0 Å². The van der Waals surface area contributed by atoms with Gasteiger partial charge in [0.2, 0.25) is 23.3 Å². The molecule has 2 atom stereocenters. The molecule has 1 aliphatic heterocycles. The molecule has 2 N–H and O–H groups in total. The summed E-state index contributed by atoms with van der Waals surface area (Å²) in [4.78, 5) is 64.4. The molecule has 44 heavy (non-hydrogen) atoms. The summed E-state index contributed by atoms with van der Waals surface area (Å²) in [5.74, 6) is -15.2. The molecular formula is C30H32F4N2O8. The van der Waals surface area contributed by atoms with E-state index in [1.165, 1.54) is 0 Å². The number of hydrogen-bond donors (Lipinski definition) is 2. The summed E-state index contributed by atoms with van der Waals surface area (Å²) >= 11 is 0. The van der Waals surface area contributed by atoms with Gasteiger partial charge in [0, 0.05) is 25.6 Å². The van der Waals surface area contributed by atoms with Crippen molar-refractivity contribution in [3.8, 4) is 5.75 Å². The van der Waals surface area contributed by atoms with Crippen LogP contribution in [-0.2, 0) is 40.5 Å². The van der Waals surface area contributed by atoms with E-state index in [2.05, 4.69) is 10.1 Å². The van der Waals surface area contributed by atoms with Crippen LogP contribution >= 0.6 is 0 Å². The first-order valence-electron chi connectivity index (χ1n) is 13.6. The van der Waals surface area contributed by atoms with Gasteiger partial charge in [-0.15, -0.1) is 0 Å². The minimum Gasteiger partial charge on any atom is -0.481 e. The van der Waals surface area contributed by atoms with Gasteiger partial charge in [-0.05, 0) is 16.5 Å². The number of benzene rings is 2. The van der Waals surface area contributed by atoms with Gasteiger partial charge in [0.25, 0.3) is 5.91 Å². The molecule has 0 aliphatic carbocycles. The first-order chi connectivity index (χ1) is 20.6. The largest absolute Gasteiger partial charge is 0.481 e. The maximum Gasteiger partial charge on any atom is 0.305 e. The van der Waals surface area contributed by atoms with Crippen molar-refractivity contribution in [3.05, 3.63) is 64.7 Å². The average molecular weight is 625 g/mol. The molecule has 1 saturated heterocycles. The number of amides is 2. The molecular weight excluding hydrogens is 592 g/mol. The van der Waals surface area contributed by atoms with Crippen molar-refractivity contribution >= 4 is 29.4 Å². The molecule has 0 saturated carbocycles. The molecule has 0 spiro atoms. The Morgan fingerprint density at radius 2 is 1.70 bits per heavy atom. The highest BCUT2D eigenvalue weighted by Crippen LogP contribution is 2.27. The number of carboxylic acid groups (broad SMARTS) is 1. The number of nitrogens with one attached hydrogen (secondary N) is 1. The molecule has 10 nitrogen and oxygen atoms in total. The molecule has 0 aromatic heterocycles. The maximum atomic E-state index is 13.9. The highest BCUT2D eigenvalue weighted by Gasteiger charge is 2.34. The van der Waals surface area contributed by atoms with Crippen LogP contribution in [0, 0.1) is 29.2 Å². The lowest BCUT2D eigenvalue weighted by Gasteiger charge is -2.25. The molecule has 1 aliphatic rings. The zero-order chi connectivity index (χ0) is 32.8. The van der Waals surface area contributed by atoms with Gasteiger partial charge < -0.3 is 24.8 Å². The number of nitrogens with zero attached hydrogens (tertiary/aromatic N) is 1. The van der Waals surface area contributed by atoms with Crippen LogP contribution in [0.15, 0.2) is 30.3 Å². The lowest BCUT2D eigenvalue weighted by Crippen LogP contribution is -2.50. The third kappa shape index (κ3) is 8.62. The van der Waals surface area contributed by atoms with Gasteiger partial charge in [-0.25, -0.2) is 8.78 Å². The number of carboxylic acids is 1. The lowest BCUT2D eigenvalue weighted by atomic mass is 9.82. The SMILES string of the molecule is CC(C)(C)c1ccccc1CC(=O)C(=O)N1CCOC[C@H](C(=O)N[C@@H](CC(=O)O)C(=O)COc2c(F)c(F)cc(F)c2F)C1. The van der Waals surface area contributed by atoms with Gasteiger partial charge in [0.15, 0.2) is 23.2 Å². The smallest absolute Gasteiger partial charge is 0.305 e. The van der Waals surface area contributed by atoms with Crippen molar-refractivity contribution < 1.29 is 56.1 Å². The molecule has 0 unspecified atom stereocenters. The molecule has 0 bridgehead atoms. The molecule has 1 fully saturated rings. The number of rotatable bonds is 11. The summed E-state index contributed by atoms with van der Waals surface area (Å²) in [7, 11) is 0. The number of carbonyl (C=O) groups excluding carboxylic acids is 4. The topological polar surface area (TPSA) is 139 Å². The summed E-state index contributed by atoms with van der Waals surface area (Å²) in [6, 6.07) is 5.37. The number of carbonyl (C=O) groups is 5. The van der Waals surface area contributed by atoms with E-state index in [1.54, 1.807) is 12.1 Å². The third-order valence-corrected chi connectivity index (χ3v) is 6.85. The monoisotopic (exact) mass is 624 g/mol. The Bertz CT molecular complexity index is 1420. The molecule has 14 heteroatoms. The number of aliphatic carboxylic acids is 1. The van der Waals surface area contributed by atoms with Crippen molar-refractivity contribution in [2.45, 2.75) is 45.1 Å². The Kier molecular flexibility index (Phi) is 11.2. The van der Waals surface area contributed by atoms with E-state index in [1.807, 2.05) is 32.9 Å². The van der Waals surface area contributed by atoms with Crippen LogP contribution in [-0.4, -0.2) is 78.3 Å². The summed E-state index contributed by atoms with van der Waals surface area (Å²) in [5, 5.41) is 11.4. The minimum absolute atomic E-state index is 0.00593. The predicted molar refractivity (Wildman–Crippen MR) is 146 cm³/mol. The van der Waals surface area contributed by atoms with Gasteiger partial charge in [-0.1, -0.05) is 45.0 Å². The van der Waals surface area contributed by atoms with E-state index in [4.69, 9.17) is 4.74 Å². The second kappa shape index (κ2) is 14.4. The molecule has 3 rings (SSSR count). The van der Waals surface area contributed by atoms with Gasteiger partial charge in [0.1, 0.15) is 12.6 Å². The summed E-state index contributed by atoms with van der Waals surface area (Å²) < 4.78 is 64.7. The second-order valence-corrected chi connectivity index (χ2v) is 11.2. The molecule has 1 heterocycles. The molecule has 238 valence electrons. The first-order valence-corrected chi connectivity index (χ1v) is 13.6. The van der Waals surface area contributed by atoms with Crippen LogP contribution in [0.2, 0.25) is 0 Å². The first kappa shape index (κ1) is 34.2. The Morgan fingerprint density at radius 3 is 2.32 bits per heavy atom. The molecule has 2 aromatic carbocycles. The average Bonchev–Trinajstić information content (AvgIpc) is 3.21. The van der Waals surface area contributed by atoms with E-state index >= 15 is 0 Å². The standard InChI is InChI=1S/C30H32F4N2O8/c1-30(2,3)18-7-5-4-6-16(18)10-22(37)29(42)36-8-9-43-14-17(13-36)28(41)35-21(12-24(39)40)23(38)15-44-27-25(33)19(31)11-20(32)26(27)34/h4-7,11,17,21H,8-10,12-15H2,1-3H3,(H,35,41)(H,39,40)/t17-,21+/m1/s1. The van der Waals surface area contributed by atoms with Crippen molar-refractivity contribution in [2.24, 2.45) is 5.92 Å². The predicted octanol–water partition coefficient (Wildman–Crippen LogP) is 2.73. The highest BCUT2D eigenvalue weighted by atomic mass is 19.2. The van der Waals surface area contributed by atoms with Crippen LogP contribution in [0.25, 0.3) is 0 Å². The fraction of sp³-hybridized carbons (Fsp3) is 0.433. The third-order valence-electron chi connectivity index (χ3n) is 6.85. The van der Waals surface area contributed by atoms with Crippen LogP contribution in [0.1, 0.15) is 38.3 Å². The highest BCUT2D eigenvalue weighted by molar-refractivity contribution is 6.36. The van der Waals surface area contributed by atoms with Crippen LogP contribution in [0.5, 0.6) is 5.75 Å². The van der Waals surface area contributed by atoms with Gasteiger partial charge in [0.05, 0.1) is 25.6 Å². The fourth-order valence-corrected chi connectivity index (χ4v) is 4.62. The van der Waals surface area contributed by atoms with Crippen molar-refractivity contribution in [1.82, 2.24) is 10.2 Å². The molecule has 2 amide bonds. The van der Waals surface area contributed by atoms with Crippen LogP contribution in [0.4, 0.5) is 17.6 Å². The number of ketones is 2. The minimum atomic E-state index is -1.91. The zero-order valence-corrected chi connectivity index (χ0v) is 24.3. The summed E-state index contributed by atoms with van der Waals surface area (Å²) in [6.45, 7) is 4.13.